The van der Waals surface area contributed by atoms with Crippen LogP contribution in [0.15, 0.2) is 28.9 Å². The molecule has 0 atom stereocenters. The highest BCUT2D eigenvalue weighted by molar-refractivity contribution is 9.10. The van der Waals surface area contributed by atoms with E-state index in [0.29, 0.717) is 6.54 Å². The number of hydrogen-bond donors (Lipinski definition) is 1. The van der Waals surface area contributed by atoms with Crippen molar-refractivity contribution in [2.75, 3.05) is 0 Å². The highest BCUT2D eigenvalue weighted by atomic mass is 79.9. The van der Waals surface area contributed by atoms with Crippen molar-refractivity contribution in [1.82, 2.24) is 9.55 Å². The van der Waals surface area contributed by atoms with Crippen LogP contribution in [-0.4, -0.2) is 9.55 Å². The average molecular weight is 280 g/mol. The molecule has 0 bridgehead atoms. The Morgan fingerprint density at radius 1 is 1.44 bits per heavy atom. The lowest BCUT2D eigenvalue weighted by atomic mass is 10.1. The van der Waals surface area contributed by atoms with Crippen LogP contribution in [0.3, 0.4) is 0 Å². The number of aryl methyl sites for hydroxylation is 1. The van der Waals surface area contributed by atoms with Gasteiger partial charge >= 0.3 is 0 Å². The molecule has 4 heteroatoms. The largest absolute Gasteiger partial charge is 0.329 e. The van der Waals surface area contributed by atoms with E-state index in [2.05, 4.69) is 46.0 Å². The van der Waals surface area contributed by atoms with Gasteiger partial charge in [0.1, 0.15) is 10.4 Å². The maximum absolute atomic E-state index is 5.64. The van der Waals surface area contributed by atoms with Crippen molar-refractivity contribution < 1.29 is 0 Å². The van der Waals surface area contributed by atoms with Crippen LogP contribution < -0.4 is 5.73 Å². The van der Waals surface area contributed by atoms with E-state index in [-0.39, 0.29) is 0 Å². The van der Waals surface area contributed by atoms with Gasteiger partial charge in [0.05, 0.1) is 12.2 Å². The van der Waals surface area contributed by atoms with E-state index in [1.54, 1.807) is 0 Å². The van der Waals surface area contributed by atoms with Crippen molar-refractivity contribution in [1.29, 1.82) is 0 Å². The number of halogens is 1. The maximum Gasteiger partial charge on any atom is 0.132 e. The van der Waals surface area contributed by atoms with Gasteiger partial charge < -0.3 is 10.3 Å². The zero-order chi connectivity index (χ0) is 11.7. The van der Waals surface area contributed by atoms with Crippen molar-refractivity contribution in [3.05, 3.63) is 40.3 Å². The van der Waals surface area contributed by atoms with Crippen molar-refractivity contribution in [3.8, 4) is 11.3 Å². The molecule has 0 aliphatic rings. The van der Waals surface area contributed by atoms with Crippen LogP contribution in [0.25, 0.3) is 11.3 Å². The van der Waals surface area contributed by atoms with Gasteiger partial charge in [-0.1, -0.05) is 23.8 Å². The molecule has 0 saturated carbocycles. The fraction of sp³-hybridized carbons (Fsp3) is 0.250. The van der Waals surface area contributed by atoms with Crippen molar-refractivity contribution in [2.24, 2.45) is 12.8 Å². The molecule has 0 aliphatic heterocycles. The normalized spacial score (nSPS) is 10.8. The minimum absolute atomic E-state index is 0.445. The average Bonchev–Trinajstić information content (AvgIpc) is 2.53. The molecule has 16 heavy (non-hydrogen) atoms. The third kappa shape index (κ3) is 1.90. The summed E-state index contributed by atoms with van der Waals surface area (Å²) in [6, 6.07) is 8.35. The van der Waals surface area contributed by atoms with Gasteiger partial charge in [-0.2, -0.15) is 0 Å². The molecule has 0 amide bonds. The first-order valence-electron chi connectivity index (χ1n) is 5.11. The van der Waals surface area contributed by atoms with E-state index >= 15 is 0 Å². The van der Waals surface area contributed by atoms with Crippen LogP contribution >= 0.6 is 15.9 Å². The quantitative estimate of drug-likeness (QED) is 0.919. The molecule has 2 aromatic rings. The van der Waals surface area contributed by atoms with Crippen LogP contribution in [0, 0.1) is 6.92 Å². The Morgan fingerprint density at radius 2 is 2.19 bits per heavy atom. The summed E-state index contributed by atoms with van der Waals surface area (Å²) in [4.78, 5) is 4.39. The zero-order valence-electron chi connectivity index (χ0n) is 9.37. The number of hydrogen-bond acceptors (Lipinski definition) is 2. The molecule has 0 radical (unpaired) electrons. The summed E-state index contributed by atoms with van der Waals surface area (Å²) < 4.78 is 2.87. The molecule has 0 unspecified atom stereocenters. The maximum atomic E-state index is 5.64. The van der Waals surface area contributed by atoms with Gasteiger partial charge in [-0.25, -0.2) is 4.98 Å². The van der Waals surface area contributed by atoms with Crippen molar-refractivity contribution >= 4 is 15.9 Å². The predicted molar refractivity (Wildman–Crippen MR) is 69.0 cm³/mol. The van der Waals surface area contributed by atoms with Crippen LogP contribution in [0.5, 0.6) is 0 Å². The Labute approximate surface area is 103 Å². The first-order chi connectivity index (χ1) is 7.63. The molecule has 1 aromatic heterocycles. The molecule has 2 rings (SSSR count). The lowest BCUT2D eigenvalue weighted by Gasteiger charge is -2.06. The number of benzene rings is 1. The SMILES string of the molecule is Cc1cccc(-c2c(Br)nc(CN)n2C)c1. The first-order valence-corrected chi connectivity index (χ1v) is 5.91. The summed E-state index contributed by atoms with van der Waals surface area (Å²) in [5, 5.41) is 0. The Kier molecular flexibility index (Phi) is 3.12. The fourth-order valence-electron chi connectivity index (χ4n) is 1.80. The van der Waals surface area contributed by atoms with E-state index in [4.69, 9.17) is 5.73 Å². The van der Waals surface area contributed by atoms with Gasteiger partial charge in [0.15, 0.2) is 0 Å². The summed E-state index contributed by atoms with van der Waals surface area (Å²) in [6.07, 6.45) is 0. The molecule has 0 fully saturated rings. The highest BCUT2D eigenvalue weighted by Gasteiger charge is 2.13. The first kappa shape index (κ1) is 11.4. The molecule has 3 nitrogen and oxygen atoms in total. The number of nitrogens with two attached hydrogens (primary N) is 1. The third-order valence-corrected chi connectivity index (χ3v) is 3.17. The Morgan fingerprint density at radius 3 is 2.75 bits per heavy atom. The standard InChI is InChI=1S/C12H14BrN3/c1-8-4-3-5-9(6-8)11-12(13)15-10(7-14)16(11)2/h3-6H,7,14H2,1-2H3. The second-order valence-corrected chi connectivity index (χ2v) is 4.55. The molecule has 1 heterocycles. The van der Waals surface area contributed by atoms with Gasteiger partial charge in [0.2, 0.25) is 0 Å². The van der Waals surface area contributed by atoms with Crippen LogP contribution in [-0.2, 0) is 13.6 Å². The Hall–Kier alpha value is -1.13. The third-order valence-electron chi connectivity index (χ3n) is 2.62. The van der Waals surface area contributed by atoms with Crippen LogP contribution in [0.2, 0.25) is 0 Å². The fourth-order valence-corrected chi connectivity index (χ4v) is 2.50. The van der Waals surface area contributed by atoms with Crippen LogP contribution in [0.4, 0.5) is 0 Å². The number of nitrogens with zero attached hydrogens (tertiary/aromatic N) is 2. The second kappa shape index (κ2) is 4.39. The number of imidazole rings is 1. The van der Waals surface area contributed by atoms with Gasteiger partial charge in [0, 0.05) is 12.6 Å². The monoisotopic (exact) mass is 279 g/mol. The van der Waals surface area contributed by atoms with Gasteiger partial charge in [-0.15, -0.1) is 0 Å². The summed E-state index contributed by atoms with van der Waals surface area (Å²) in [5.74, 6) is 0.878. The molecule has 2 N–H and O–H groups in total. The van der Waals surface area contributed by atoms with E-state index in [0.717, 1.165) is 21.7 Å². The summed E-state index contributed by atoms with van der Waals surface area (Å²) in [5.41, 5.74) is 9.10. The summed E-state index contributed by atoms with van der Waals surface area (Å²) in [6.45, 7) is 2.53. The summed E-state index contributed by atoms with van der Waals surface area (Å²) >= 11 is 3.48. The molecule has 0 saturated heterocycles. The molecular formula is C12H14BrN3. The van der Waals surface area contributed by atoms with E-state index < -0.39 is 0 Å². The molecule has 84 valence electrons. The predicted octanol–water partition coefficient (Wildman–Crippen LogP) is 2.62. The lowest BCUT2D eigenvalue weighted by molar-refractivity contribution is 0.798. The summed E-state index contributed by atoms with van der Waals surface area (Å²) in [7, 11) is 1.98. The van der Waals surface area contributed by atoms with Gasteiger partial charge in [-0.05, 0) is 28.9 Å². The zero-order valence-corrected chi connectivity index (χ0v) is 11.0. The topological polar surface area (TPSA) is 43.8 Å². The van der Waals surface area contributed by atoms with E-state index in [1.807, 2.05) is 17.7 Å². The highest BCUT2D eigenvalue weighted by Crippen LogP contribution is 2.28. The molecular weight excluding hydrogens is 266 g/mol. The molecule has 1 aromatic carbocycles. The van der Waals surface area contributed by atoms with Crippen molar-refractivity contribution in [2.45, 2.75) is 13.5 Å². The minimum Gasteiger partial charge on any atom is -0.329 e. The second-order valence-electron chi connectivity index (χ2n) is 3.80. The molecule has 0 aliphatic carbocycles. The Bertz CT molecular complexity index is 517. The van der Waals surface area contributed by atoms with E-state index in [1.165, 1.54) is 5.56 Å². The van der Waals surface area contributed by atoms with Gasteiger partial charge in [-0.3, -0.25) is 0 Å². The Balaban J connectivity index is 2.60. The molecule has 0 spiro atoms. The number of aromatic nitrogens is 2. The van der Waals surface area contributed by atoms with Crippen molar-refractivity contribution in [3.63, 3.8) is 0 Å². The lowest BCUT2D eigenvalue weighted by Crippen LogP contribution is -2.05. The van der Waals surface area contributed by atoms with Crippen LogP contribution in [0.1, 0.15) is 11.4 Å². The number of rotatable bonds is 2. The van der Waals surface area contributed by atoms with E-state index in [9.17, 15) is 0 Å². The minimum atomic E-state index is 0.445. The smallest absolute Gasteiger partial charge is 0.132 e. The van der Waals surface area contributed by atoms with Gasteiger partial charge in [0.25, 0.3) is 0 Å².